The van der Waals surface area contributed by atoms with E-state index in [0.717, 1.165) is 30.7 Å². The summed E-state index contributed by atoms with van der Waals surface area (Å²) in [5.74, 6) is 1.31. The molecule has 2 amide bonds. The monoisotopic (exact) mass is 611 g/mol. The number of aliphatic hydroxyl groups is 2. The van der Waals surface area contributed by atoms with E-state index >= 15 is 0 Å². The van der Waals surface area contributed by atoms with Crippen LogP contribution in [0.15, 0.2) is 24.3 Å². The number of nitrogens with zero attached hydrogens (tertiary/aromatic N) is 1. The fraction of sp³-hybridized carbons (Fsp3) is 0.750. The van der Waals surface area contributed by atoms with Gasteiger partial charge >= 0.3 is 0 Å². The molecule has 9 heteroatoms. The molecule has 0 aromatic heterocycles. The van der Waals surface area contributed by atoms with Gasteiger partial charge in [0.25, 0.3) is 0 Å². The van der Waals surface area contributed by atoms with Crippen molar-refractivity contribution in [2.45, 2.75) is 90.4 Å². The molecule has 0 bridgehead atoms. The van der Waals surface area contributed by atoms with Gasteiger partial charge in [-0.25, -0.2) is 0 Å². The summed E-state index contributed by atoms with van der Waals surface area (Å²) in [6.45, 7) is 6.97. The van der Waals surface area contributed by atoms with Gasteiger partial charge in [0.2, 0.25) is 11.8 Å². The maximum Gasteiger partial charge on any atom is 0.224 e. The Hall–Kier alpha value is -1.32. The van der Waals surface area contributed by atoms with Crippen molar-refractivity contribution in [1.82, 2.24) is 15.5 Å². The lowest BCUT2D eigenvalue weighted by Gasteiger charge is -2.33. The normalized spacial score (nSPS) is 18.1. The lowest BCUT2D eigenvalue weighted by atomic mass is 9.82. The smallest absolute Gasteiger partial charge is 0.224 e. The minimum Gasteiger partial charge on any atom is -0.390 e. The van der Waals surface area contributed by atoms with Crippen LogP contribution in [0, 0.1) is 23.7 Å². The third kappa shape index (κ3) is 14.1. The van der Waals surface area contributed by atoms with E-state index in [9.17, 15) is 19.8 Å². The van der Waals surface area contributed by atoms with Crippen LogP contribution < -0.4 is 10.6 Å². The van der Waals surface area contributed by atoms with Crippen LogP contribution in [0.5, 0.6) is 0 Å². The highest BCUT2D eigenvalue weighted by Crippen LogP contribution is 2.29. The highest BCUT2D eigenvalue weighted by Gasteiger charge is 2.32. The fourth-order valence-electron chi connectivity index (χ4n) is 5.38. The van der Waals surface area contributed by atoms with Crippen molar-refractivity contribution in [2.75, 3.05) is 38.7 Å². The van der Waals surface area contributed by atoms with Crippen LogP contribution in [0.4, 0.5) is 0 Å². The first-order chi connectivity index (χ1) is 19.5. The van der Waals surface area contributed by atoms with Crippen LogP contribution in [-0.2, 0) is 16.0 Å². The molecule has 1 aliphatic rings. The molecule has 234 valence electrons. The van der Waals surface area contributed by atoms with Gasteiger partial charge in [-0.05, 0) is 62.9 Å². The SMILES string of the molecule is CC(C)C[C@H](O)[C@H](O)[C@H](CC1CCCCC1)NC(=O)[C@H](C)CNC(=O)[C@@H](CSCCN(C)C)Cc1ccc(Cl)cc1. The Labute approximate surface area is 257 Å². The standard InChI is InChI=1S/C32H54ClN3O4S/c1-22(2)17-29(37)30(38)28(19-24-9-7-6-8-10-24)35-31(39)23(3)20-34-32(40)26(21-41-16-15-36(4)5)18-25-11-13-27(33)14-12-25/h11-14,22-24,26,28-30,37-38H,6-10,15-21H2,1-5H3,(H,34,40)(H,35,39)/t23-,26-,28+,29+,30-/m1/s1. The highest BCUT2D eigenvalue weighted by atomic mass is 35.5. The average Bonchev–Trinajstić information content (AvgIpc) is 2.93. The summed E-state index contributed by atoms with van der Waals surface area (Å²) in [5, 5.41) is 28.4. The lowest BCUT2D eigenvalue weighted by Crippen LogP contribution is -2.52. The third-order valence-corrected chi connectivity index (χ3v) is 9.32. The molecule has 0 heterocycles. The van der Waals surface area contributed by atoms with Gasteiger partial charge in [-0.1, -0.05) is 76.6 Å². The molecule has 4 N–H and O–H groups in total. The molecule has 5 atom stereocenters. The van der Waals surface area contributed by atoms with Crippen LogP contribution in [0.2, 0.25) is 5.02 Å². The molecule has 0 radical (unpaired) electrons. The van der Waals surface area contributed by atoms with E-state index < -0.39 is 24.2 Å². The Morgan fingerprint density at radius 3 is 2.32 bits per heavy atom. The molecule has 0 aliphatic heterocycles. The minimum absolute atomic E-state index is 0.0666. The van der Waals surface area contributed by atoms with Gasteiger partial charge in [0, 0.05) is 29.6 Å². The number of carbonyl (C=O) groups excluding carboxylic acids is 2. The Balaban J connectivity index is 1.99. The van der Waals surface area contributed by atoms with Crippen molar-refractivity contribution in [3.8, 4) is 0 Å². The number of thioether (sulfide) groups is 1. The number of carbonyl (C=O) groups is 2. The average molecular weight is 612 g/mol. The maximum absolute atomic E-state index is 13.3. The Morgan fingerprint density at radius 1 is 1.05 bits per heavy atom. The molecular weight excluding hydrogens is 558 g/mol. The largest absolute Gasteiger partial charge is 0.390 e. The summed E-state index contributed by atoms with van der Waals surface area (Å²) in [4.78, 5) is 28.7. The van der Waals surface area contributed by atoms with Crippen LogP contribution in [0.25, 0.3) is 0 Å². The summed E-state index contributed by atoms with van der Waals surface area (Å²) in [7, 11) is 4.07. The molecular formula is C32H54ClN3O4S. The van der Waals surface area contributed by atoms with Gasteiger partial charge < -0.3 is 25.7 Å². The van der Waals surface area contributed by atoms with Crippen LogP contribution in [0.3, 0.4) is 0 Å². The molecule has 1 aromatic carbocycles. The number of nitrogens with one attached hydrogen (secondary N) is 2. The van der Waals surface area contributed by atoms with E-state index in [1.807, 2.05) is 52.2 Å². The van der Waals surface area contributed by atoms with Gasteiger partial charge in [-0.3, -0.25) is 9.59 Å². The van der Waals surface area contributed by atoms with Gasteiger partial charge in [-0.15, -0.1) is 0 Å². The highest BCUT2D eigenvalue weighted by molar-refractivity contribution is 7.99. The number of rotatable bonds is 18. The van der Waals surface area contributed by atoms with Crippen LogP contribution in [-0.4, -0.2) is 83.9 Å². The molecule has 1 fully saturated rings. The van der Waals surface area contributed by atoms with E-state index in [1.165, 1.54) is 19.3 Å². The number of aliphatic hydroxyl groups excluding tert-OH is 2. The van der Waals surface area contributed by atoms with Crippen molar-refractivity contribution in [2.24, 2.45) is 23.7 Å². The van der Waals surface area contributed by atoms with E-state index in [-0.39, 0.29) is 30.2 Å². The topological polar surface area (TPSA) is 102 Å². The minimum atomic E-state index is -1.02. The molecule has 1 aliphatic carbocycles. The zero-order chi connectivity index (χ0) is 30.4. The summed E-state index contributed by atoms with van der Waals surface area (Å²) in [5.41, 5.74) is 1.05. The molecule has 1 saturated carbocycles. The number of hydrogen-bond acceptors (Lipinski definition) is 6. The second-order valence-corrected chi connectivity index (χ2v) is 14.2. The van der Waals surface area contributed by atoms with Crippen molar-refractivity contribution in [1.29, 1.82) is 0 Å². The molecule has 7 nitrogen and oxygen atoms in total. The van der Waals surface area contributed by atoms with Crippen molar-refractivity contribution >= 4 is 35.2 Å². The van der Waals surface area contributed by atoms with Gasteiger partial charge in [0.05, 0.1) is 24.0 Å². The van der Waals surface area contributed by atoms with E-state index in [2.05, 4.69) is 15.5 Å². The second kappa shape index (κ2) is 19.1. The van der Waals surface area contributed by atoms with E-state index in [1.54, 1.807) is 18.7 Å². The lowest BCUT2D eigenvalue weighted by molar-refractivity contribution is -0.128. The Morgan fingerprint density at radius 2 is 1.71 bits per heavy atom. The maximum atomic E-state index is 13.3. The number of benzene rings is 1. The van der Waals surface area contributed by atoms with Crippen LogP contribution in [0.1, 0.15) is 71.3 Å². The number of halogens is 1. The van der Waals surface area contributed by atoms with Gasteiger partial charge in [0.1, 0.15) is 6.10 Å². The molecule has 0 unspecified atom stereocenters. The predicted octanol–water partition coefficient (Wildman–Crippen LogP) is 4.77. The second-order valence-electron chi connectivity index (χ2n) is 12.6. The third-order valence-electron chi connectivity index (χ3n) is 7.96. The zero-order valence-corrected chi connectivity index (χ0v) is 27.4. The molecule has 0 spiro atoms. The van der Waals surface area contributed by atoms with Crippen LogP contribution >= 0.6 is 23.4 Å². The van der Waals surface area contributed by atoms with E-state index in [4.69, 9.17) is 11.6 Å². The molecule has 0 saturated heterocycles. The summed E-state index contributed by atoms with van der Waals surface area (Å²) in [6.07, 6.45) is 5.58. The first-order valence-corrected chi connectivity index (χ1v) is 16.9. The summed E-state index contributed by atoms with van der Waals surface area (Å²) in [6, 6.07) is 7.08. The number of hydrogen-bond donors (Lipinski definition) is 4. The molecule has 41 heavy (non-hydrogen) atoms. The predicted molar refractivity (Wildman–Crippen MR) is 171 cm³/mol. The molecule has 1 aromatic rings. The van der Waals surface area contributed by atoms with E-state index in [0.29, 0.717) is 36.0 Å². The van der Waals surface area contributed by atoms with Gasteiger partial charge in [0.15, 0.2) is 0 Å². The Kier molecular flexibility index (Phi) is 16.7. The summed E-state index contributed by atoms with van der Waals surface area (Å²) >= 11 is 7.81. The zero-order valence-electron chi connectivity index (χ0n) is 25.8. The fourth-order valence-corrected chi connectivity index (χ4v) is 6.72. The number of amides is 2. The van der Waals surface area contributed by atoms with Gasteiger partial charge in [-0.2, -0.15) is 11.8 Å². The molecule has 2 rings (SSSR count). The Bertz CT molecular complexity index is 895. The first-order valence-electron chi connectivity index (χ1n) is 15.4. The van der Waals surface area contributed by atoms with Crippen molar-refractivity contribution in [3.05, 3.63) is 34.9 Å². The van der Waals surface area contributed by atoms with Crippen molar-refractivity contribution in [3.63, 3.8) is 0 Å². The quantitative estimate of drug-likeness (QED) is 0.178. The van der Waals surface area contributed by atoms with Crippen molar-refractivity contribution < 1.29 is 19.8 Å². The first kappa shape index (κ1) is 35.9. The summed E-state index contributed by atoms with van der Waals surface area (Å²) < 4.78 is 0.